The van der Waals surface area contributed by atoms with Gasteiger partial charge in [0.05, 0.1) is 12.7 Å². The highest BCUT2D eigenvalue weighted by Gasteiger charge is 2.32. The number of aliphatic hydroxyl groups excluding tert-OH is 1. The summed E-state index contributed by atoms with van der Waals surface area (Å²) < 4.78 is 11.8. The second-order valence-electron chi connectivity index (χ2n) is 6.81. The molecule has 4 nitrogen and oxygen atoms in total. The molecular weight excluding hydrogens is 292 g/mol. The lowest BCUT2D eigenvalue weighted by Gasteiger charge is -2.27. The molecule has 0 spiro atoms. The maximum atomic E-state index is 11.7. The maximum Gasteiger partial charge on any atom is 0.158 e. The van der Waals surface area contributed by atoms with Gasteiger partial charge in [0.1, 0.15) is 5.78 Å². The Kier molecular flexibility index (Phi) is 8.27. The van der Waals surface area contributed by atoms with Crippen LogP contribution >= 0.6 is 0 Å². The summed E-state index contributed by atoms with van der Waals surface area (Å²) in [5, 5.41) is 9.40. The minimum atomic E-state index is -0.214. The summed E-state index contributed by atoms with van der Waals surface area (Å²) in [4.78, 5) is 11.7. The third-order valence-corrected chi connectivity index (χ3v) is 4.98. The van der Waals surface area contributed by atoms with Crippen molar-refractivity contribution in [1.29, 1.82) is 0 Å². The van der Waals surface area contributed by atoms with Crippen LogP contribution in [0.1, 0.15) is 64.7 Å². The topological polar surface area (TPSA) is 55.8 Å². The first-order valence-electron chi connectivity index (χ1n) is 9.33. The minimum Gasteiger partial charge on any atom is -0.396 e. The van der Waals surface area contributed by atoms with Crippen LogP contribution in [0.4, 0.5) is 0 Å². The average molecular weight is 324 g/mol. The number of aliphatic hydroxyl groups is 1. The van der Waals surface area contributed by atoms with Gasteiger partial charge >= 0.3 is 0 Å². The van der Waals surface area contributed by atoms with Gasteiger partial charge in [0, 0.05) is 18.9 Å². The molecule has 4 atom stereocenters. The Morgan fingerprint density at radius 2 is 2.22 bits per heavy atom. The molecule has 4 unspecified atom stereocenters. The standard InChI is InChI=1S/C19H32O4/c1-2-3-4-7-16(23-19-8-5-6-13-22-19)11-9-15-10-12-18(21)17(15)14-20/h9,11,15-17,19-20H,2-8,10,12-14H2,1H3. The quantitative estimate of drug-likeness (QED) is 0.520. The Balaban J connectivity index is 1.89. The first-order chi connectivity index (χ1) is 11.2. The number of Topliss-reactive ketones (excluding diaryl/α,β-unsaturated/α-hetero) is 1. The molecular formula is C19H32O4. The summed E-state index contributed by atoms with van der Waals surface area (Å²) in [7, 11) is 0. The molecule has 2 fully saturated rings. The molecule has 132 valence electrons. The fourth-order valence-corrected chi connectivity index (χ4v) is 3.49. The highest BCUT2D eigenvalue weighted by molar-refractivity contribution is 5.83. The number of allylic oxidation sites excluding steroid dienone is 1. The smallest absolute Gasteiger partial charge is 0.158 e. The van der Waals surface area contributed by atoms with E-state index >= 15 is 0 Å². The predicted octanol–water partition coefficient (Wildman–Crippen LogP) is 3.62. The molecule has 0 aromatic rings. The Bertz CT molecular complexity index is 374. The number of ether oxygens (including phenoxy) is 2. The second-order valence-corrected chi connectivity index (χ2v) is 6.81. The molecule has 1 saturated carbocycles. The number of carbonyl (C=O) groups excluding carboxylic acids is 1. The van der Waals surface area contributed by atoms with E-state index in [4.69, 9.17) is 9.47 Å². The molecule has 4 heteroatoms. The van der Waals surface area contributed by atoms with Crippen molar-refractivity contribution in [3.05, 3.63) is 12.2 Å². The summed E-state index contributed by atoms with van der Waals surface area (Å²) in [5.74, 6) is 0.145. The fourth-order valence-electron chi connectivity index (χ4n) is 3.49. The van der Waals surface area contributed by atoms with Gasteiger partial charge in [-0.25, -0.2) is 0 Å². The second kappa shape index (κ2) is 10.2. The molecule has 1 aliphatic carbocycles. The molecule has 1 N–H and O–H groups in total. The lowest BCUT2D eigenvalue weighted by atomic mass is 9.95. The molecule has 2 rings (SSSR count). The number of hydrogen-bond donors (Lipinski definition) is 1. The average Bonchev–Trinajstić information content (AvgIpc) is 2.93. The molecule has 1 aliphatic heterocycles. The highest BCUT2D eigenvalue weighted by Crippen LogP contribution is 2.30. The van der Waals surface area contributed by atoms with Crippen LogP contribution in [0, 0.1) is 11.8 Å². The van der Waals surface area contributed by atoms with Crippen LogP contribution in [-0.4, -0.2) is 36.5 Å². The molecule has 0 radical (unpaired) electrons. The molecule has 0 amide bonds. The van der Waals surface area contributed by atoms with Crippen molar-refractivity contribution in [2.45, 2.75) is 77.1 Å². The summed E-state index contributed by atoms with van der Waals surface area (Å²) in [6.45, 7) is 2.95. The number of carbonyl (C=O) groups is 1. The molecule has 0 aromatic heterocycles. The van der Waals surface area contributed by atoms with Crippen LogP contribution in [-0.2, 0) is 14.3 Å². The van der Waals surface area contributed by atoms with Gasteiger partial charge in [-0.2, -0.15) is 0 Å². The number of ketones is 1. The number of rotatable bonds is 9. The van der Waals surface area contributed by atoms with Crippen molar-refractivity contribution in [2.24, 2.45) is 11.8 Å². The van der Waals surface area contributed by atoms with Crippen LogP contribution < -0.4 is 0 Å². The van der Waals surface area contributed by atoms with Crippen molar-refractivity contribution < 1.29 is 19.4 Å². The van der Waals surface area contributed by atoms with Gasteiger partial charge in [0.2, 0.25) is 0 Å². The van der Waals surface area contributed by atoms with Crippen molar-refractivity contribution in [2.75, 3.05) is 13.2 Å². The SMILES string of the molecule is CCCCCC(C=CC1CCC(=O)C1CO)OC1CCCCO1. The summed E-state index contributed by atoms with van der Waals surface area (Å²) in [6, 6.07) is 0. The van der Waals surface area contributed by atoms with E-state index in [1.54, 1.807) is 0 Å². The van der Waals surface area contributed by atoms with Crippen molar-refractivity contribution >= 4 is 5.78 Å². The maximum absolute atomic E-state index is 11.7. The largest absolute Gasteiger partial charge is 0.396 e. The van der Waals surface area contributed by atoms with E-state index < -0.39 is 0 Å². The van der Waals surface area contributed by atoms with Gasteiger partial charge in [-0.15, -0.1) is 0 Å². The number of unbranched alkanes of at least 4 members (excludes halogenated alkanes) is 2. The van der Waals surface area contributed by atoms with Crippen LogP contribution in [0.15, 0.2) is 12.2 Å². The van der Waals surface area contributed by atoms with Crippen LogP contribution in [0.3, 0.4) is 0 Å². The predicted molar refractivity (Wildman–Crippen MR) is 90.1 cm³/mol. The summed E-state index contributed by atoms with van der Waals surface area (Å²) in [6.07, 6.45) is 13.4. The van der Waals surface area contributed by atoms with Crippen molar-refractivity contribution in [3.63, 3.8) is 0 Å². The van der Waals surface area contributed by atoms with E-state index in [0.29, 0.717) is 6.42 Å². The minimum absolute atomic E-state index is 0.0407. The molecule has 2 aliphatic rings. The Morgan fingerprint density at radius 3 is 2.91 bits per heavy atom. The lowest BCUT2D eigenvalue weighted by molar-refractivity contribution is -0.179. The van der Waals surface area contributed by atoms with E-state index in [0.717, 1.165) is 38.7 Å². The normalized spacial score (nSPS) is 30.2. The van der Waals surface area contributed by atoms with Gasteiger partial charge in [0.15, 0.2) is 6.29 Å². The number of hydrogen-bond acceptors (Lipinski definition) is 4. The molecule has 23 heavy (non-hydrogen) atoms. The van der Waals surface area contributed by atoms with E-state index in [9.17, 15) is 9.90 Å². The molecule has 0 aromatic carbocycles. The Labute approximate surface area is 140 Å². The molecule has 1 saturated heterocycles. The van der Waals surface area contributed by atoms with Crippen LogP contribution in [0.25, 0.3) is 0 Å². The first-order valence-corrected chi connectivity index (χ1v) is 9.33. The van der Waals surface area contributed by atoms with Crippen molar-refractivity contribution in [1.82, 2.24) is 0 Å². The Hall–Kier alpha value is -0.710. The van der Waals surface area contributed by atoms with Crippen molar-refractivity contribution in [3.8, 4) is 0 Å². The zero-order valence-electron chi connectivity index (χ0n) is 14.4. The third kappa shape index (κ3) is 6.02. The van der Waals surface area contributed by atoms with Crippen LogP contribution in [0.5, 0.6) is 0 Å². The van der Waals surface area contributed by atoms with Gasteiger partial charge in [-0.05, 0) is 38.0 Å². The Morgan fingerprint density at radius 1 is 1.35 bits per heavy atom. The zero-order chi connectivity index (χ0) is 16.5. The zero-order valence-corrected chi connectivity index (χ0v) is 14.4. The highest BCUT2D eigenvalue weighted by atomic mass is 16.7. The monoisotopic (exact) mass is 324 g/mol. The van der Waals surface area contributed by atoms with Crippen LogP contribution in [0.2, 0.25) is 0 Å². The third-order valence-electron chi connectivity index (χ3n) is 4.98. The first kappa shape index (κ1) is 18.6. The lowest BCUT2D eigenvalue weighted by Crippen LogP contribution is -2.27. The van der Waals surface area contributed by atoms with Gasteiger partial charge in [0.25, 0.3) is 0 Å². The van der Waals surface area contributed by atoms with Gasteiger partial charge < -0.3 is 14.6 Å². The van der Waals surface area contributed by atoms with E-state index in [2.05, 4.69) is 19.1 Å². The van der Waals surface area contributed by atoms with E-state index in [-0.39, 0.29) is 36.6 Å². The fraction of sp³-hybridized carbons (Fsp3) is 0.842. The summed E-state index contributed by atoms with van der Waals surface area (Å²) >= 11 is 0. The van der Waals surface area contributed by atoms with E-state index in [1.165, 1.54) is 19.3 Å². The van der Waals surface area contributed by atoms with Gasteiger partial charge in [-0.3, -0.25) is 4.79 Å². The van der Waals surface area contributed by atoms with E-state index in [1.807, 2.05) is 0 Å². The molecule has 1 heterocycles. The van der Waals surface area contributed by atoms with Gasteiger partial charge in [-0.1, -0.05) is 38.3 Å². The summed E-state index contributed by atoms with van der Waals surface area (Å²) in [5.41, 5.74) is 0. The molecule has 0 bridgehead atoms.